The number of carboxylic acids is 1. The number of nitrogens with one attached hydrogen (secondary N) is 1. The smallest absolute Gasteiger partial charge is 0.308 e. The number of aromatic nitrogens is 1. The summed E-state index contributed by atoms with van der Waals surface area (Å²) in [5.41, 5.74) is 4.95. The molecule has 2 N–H and O–H groups in total. The van der Waals surface area contributed by atoms with Gasteiger partial charge in [0.2, 0.25) is 0 Å². The van der Waals surface area contributed by atoms with Crippen LogP contribution in [0.2, 0.25) is 0 Å². The fourth-order valence-corrected chi connectivity index (χ4v) is 6.12. The second-order valence-corrected chi connectivity index (χ2v) is 10.6. The molecular formula is C28H33F2N3O4S. The maximum atomic E-state index is 13.9. The third-order valence-electron chi connectivity index (χ3n) is 7.16. The normalized spacial score (nSPS) is 18.9. The SMILES string of the molecule is CONC(CC[C@@H]1CCN(CCSc2cc(F)ccc2F)C[C@@H]1C(=O)O)c1ccnc2ccc(OC)cc12. The Morgan fingerprint density at radius 2 is 2.08 bits per heavy atom. The molecule has 0 spiro atoms. The van der Waals surface area contributed by atoms with Crippen molar-refractivity contribution in [1.29, 1.82) is 0 Å². The Morgan fingerprint density at radius 1 is 1.24 bits per heavy atom. The van der Waals surface area contributed by atoms with Gasteiger partial charge in [0.05, 0.1) is 31.7 Å². The van der Waals surface area contributed by atoms with E-state index in [4.69, 9.17) is 9.57 Å². The zero-order valence-electron chi connectivity index (χ0n) is 21.5. The molecule has 0 aliphatic carbocycles. The van der Waals surface area contributed by atoms with Crippen molar-refractivity contribution in [2.45, 2.75) is 30.2 Å². The molecule has 1 unspecified atom stereocenters. The number of methoxy groups -OCH3 is 1. The molecule has 0 saturated carbocycles. The van der Waals surface area contributed by atoms with Gasteiger partial charge in [0.1, 0.15) is 17.4 Å². The number of benzene rings is 2. The molecule has 3 atom stereocenters. The highest BCUT2D eigenvalue weighted by molar-refractivity contribution is 7.99. The van der Waals surface area contributed by atoms with Gasteiger partial charge in [-0.1, -0.05) is 0 Å². The average Bonchev–Trinajstić information content (AvgIpc) is 2.92. The summed E-state index contributed by atoms with van der Waals surface area (Å²) in [5.74, 6) is -0.925. The van der Waals surface area contributed by atoms with E-state index in [9.17, 15) is 18.7 Å². The lowest BCUT2D eigenvalue weighted by Crippen LogP contribution is -2.44. The topological polar surface area (TPSA) is 83.9 Å². The summed E-state index contributed by atoms with van der Waals surface area (Å²) in [4.78, 5) is 24.3. The van der Waals surface area contributed by atoms with Crippen molar-refractivity contribution in [1.82, 2.24) is 15.4 Å². The highest BCUT2D eigenvalue weighted by Crippen LogP contribution is 2.34. The number of thioether (sulfide) groups is 1. The lowest BCUT2D eigenvalue weighted by molar-refractivity contribution is -0.146. The molecule has 38 heavy (non-hydrogen) atoms. The lowest BCUT2D eigenvalue weighted by atomic mass is 9.81. The minimum atomic E-state index is -0.807. The second kappa shape index (κ2) is 13.3. The number of aliphatic carboxylic acids is 1. The maximum Gasteiger partial charge on any atom is 0.308 e. The van der Waals surface area contributed by atoms with E-state index in [0.29, 0.717) is 31.7 Å². The molecule has 1 saturated heterocycles. The minimum Gasteiger partial charge on any atom is -0.497 e. The number of piperidine rings is 1. The van der Waals surface area contributed by atoms with Gasteiger partial charge in [-0.15, -0.1) is 11.8 Å². The molecule has 3 aromatic rings. The highest BCUT2D eigenvalue weighted by Gasteiger charge is 2.34. The van der Waals surface area contributed by atoms with Crippen molar-refractivity contribution in [2.24, 2.45) is 11.8 Å². The van der Waals surface area contributed by atoms with Gasteiger partial charge >= 0.3 is 5.97 Å². The fourth-order valence-electron chi connectivity index (χ4n) is 5.15. The summed E-state index contributed by atoms with van der Waals surface area (Å²) in [6.45, 7) is 1.80. The first kappa shape index (κ1) is 28.2. The van der Waals surface area contributed by atoms with Gasteiger partial charge in [0, 0.05) is 35.3 Å². The maximum absolute atomic E-state index is 13.9. The van der Waals surface area contributed by atoms with Crippen molar-refractivity contribution in [2.75, 3.05) is 39.6 Å². The summed E-state index contributed by atoms with van der Waals surface area (Å²) in [6, 6.07) is 11.0. The van der Waals surface area contributed by atoms with Crippen molar-refractivity contribution < 1.29 is 28.3 Å². The molecule has 4 rings (SSSR count). The largest absolute Gasteiger partial charge is 0.497 e. The molecule has 2 aromatic carbocycles. The monoisotopic (exact) mass is 545 g/mol. The van der Waals surface area contributed by atoms with E-state index in [1.54, 1.807) is 20.4 Å². The number of carbonyl (C=O) groups is 1. The van der Waals surface area contributed by atoms with E-state index in [1.807, 2.05) is 24.3 Å². The molecule has 10 heteroatoms. The van der Waals surface area contributed by atoms with Crippen LogP contribution in [0, 0.1) is 23.5 Å². The first-order chi connectivity index (χ1) is 18.4. The van der Waals surface area contributed by atoms with E-state index in [0.717, 1.165) is 47.3 Å². The number of carboxylic acid groups (broad SMARTS) is 1. The molecular weight excluding hydrogens is 512 g/mol. The van der Waals surface area contributed by atoms with Gasteiger partial charge in [0.25, 0.3) is 0 Å². The number of hydrogen-bond donors (Lipinski definition) is 2. The minimum absolute atomic E-state index is 0.0147. The molecule has 7 nitrogen and oxygen atoms in total. The number of halogens is 2. The zero-order valence-corrected chi connectivity index (χ0v) is 22.3. The van der Waals surface area contributed by atoms with Gasteiger partial charge in [-0.2, -0.15) is 5.48 Å². The zero-order chi connectivity index (χ0) is 27.1. The Bertz CT molecular complexity index is 1250. The standard InChI is InChI=1S/C28H33F2N3O4S/c1-36-20-5-8-25-22(16-20)21(9-11-31-25)26(32-37-2)7-3-18-10-12-33(17-23(18)28(34)35)13-14-38-27-15-19(29)4-6-24(27)30/h4-6,8-9,11,15-16,18,23,26,32H,3,7,10,12-14,17H2,1-2H3,(H,34,35)/t18-,23+,26?/m1/s1. The van der Waals surface area contributed by atoms with Crippen molar-refractivity contribution in [3.63, 3.8) is 0 Å². The number of hydroxylamine groups is 1. The van der Waals surface area contributed by atoms with E-state index in [1.165, 1.54) is 17.8 Å². The Morgan fingerprint density at radius 3 is 2.84 bits per heavy atom. The Labute approximate surface area is 225 Å². The van der Waals surface area contributed by atoms with Crippen LogP contribution in [0.15, 0.2) is 53.6 Å². The van der Waals surface area contributed by atoms with E-state index < -0.39 is 23.5 Å². The molecule has 0 bridgehead atoms. The summed E-state index contributed by atoms with van der Waals surface area (Å²) >= 11 is 1.25. The van der Waals surface area contributed by atoms with Crippen LogP contribution in [0.3, 0.4) is 0 Å². The Balaban J connectivity index is 1.38. The Kier molecular flexibility index (Phi) is 9.90. The molecule has 1 aromatic heterocycles. The number of rotatable bonds is 12. The van der Waals surface area contributed by atoms with Gasteiger partial charge in [-0.25, -0.2) is 8.78 Å². The van der Waals surface area contributed by atoms with Gasteiger partial charge in [-0.05, 0) is 79.8 Å². The number of hydrogen-bond acceptors (Lipinski definition) is 7. The molecule has 1 fully saturated rings. The first-order valence-electron chi connectivity index (χ1n) is 12.6. The summed E-state index contributed by atoms with van der Waals surface area (Å²) in [6.07, 6.45) is 3.91. The number of likely N-dealkylation sites (tertiary alicyclic amines) is 1. The molecule has 2 heterocycles. The third-order valence-corrected chi connectivity index (χ3v) is 8.17. The van der Waals surface area contributed by atoms with Crippen LogP contribution in [-0.4, -0.2) is 60.6 Å². The van der Waals surface area contributed by atoms with E-state index in [-0.39, 0.29) is 16.9 Å². The number of fused-ring (bicyclic) bond motifs is 1. The van der Waals surface area contributed by atoms with E-state index >= 15 is 0 Å². The van der Waals surface area contributed by atoms with Gasteiger partial charge in [0.15, 0.2) is 0 Å². The van der Waals surface area contributed by atoms with Crippen LogP contribution in [0.5, 0.6) is 5.75 Å². The van der Waals surface area contributed by atoms with Gasteiger partial charge in [-0.3, -0.25) is 9.78 Å². The fraction of sp³-hybridized carbons (Fsp3) is 0.429. The van der Waals surface area contributed by atoms with Gasteiger partial charge < -0.3 is 19.6 Å². The number of pyridine rings is 1. The van der Waals surface area contributed by atoms with Crippen molar-refractivity contribution >= 4 is 28.6 Å². The van der Waals surface area contributed by atoms with Crippen LogP contribution in [0.4, 0.5) is 8.78 Å². The molecule has 0 amide bonds. The van der Waals surface area contributed by atoms with Crippen LogP contribution in [0.25, 0.3) is 10.9 Å². The summed E-state index contributed by atoms with van der Waals surface area (Å²) < 4.78 is 32.7. The molecule has 1 aliphatic rings. The average molecular weight is 546 g/mol. The van der Waals surface area contributed by atoms with Crippen LogP contribution >= 0.6 is 11.8 Å². The molecule has 0 radical (unpaired) electrons. The number of nitrogens with zero attached hydrogens (tertiary/aromatic N) is 2. The van der Waals surface area contributed by atoms with Crippen LogP contribution < -0.4 is 10.2 Å². The lowest BCUT2D eigenvalue weighted by Gasteiger charge is -2.37. The highest BCUT2D eigenvalue weighted by atomic mass is 32.2. The molecule has 204 valence electrons. The molecule has 1 aliphatic heterocycles. The predicted octanol–water partition coefficient (Wildman–Crippen LogP) is 5.31. The number of ether oxygens (including phenoxy) is 1. The first-order valence-corrected chi connectivity index (χ1v) is 13.6. The summed E-state index contributed by atoms with van der Waals surface area (Å²) in [7, 11) is 3.20. The van der Waals surface area contributed by atoms with Crippen molar-refractivity contribution in [3.05, 3.63) is 65.9 Å². The summed E-state index contributed by atoms with van der Waals surface area (Å²) in [5, 5.41) is 11.0. The predicted molar refractivity (Wildman–Crippen MR) is 143 cm³/mol. The second-order valence-electron chi connectivity index (χ2n) is 9.45. The quantitative estimate of drug-likeness (QED) is 0.234. The third kappa shape index (κ3) is 6.99. The van der Waals surface area contributed by atoms with Crippen LogP contribution in [-0.2, 0) is 9.63 Å². The Hall–Kier alpha value is -2.79. The van der Waals surface area contributed by atoms with Crippen molar-refractivity contribution in [3.8, 4) is 5.75 Å². The van der Waals surface area contributed by atoms with Crippen LogP contribution in [0.1, 0.15) is 30.9 Å². The van der Waals surface area contributed by atoms with E-state index in [2.05, 4.69) is 15.4 Å².